The largest absolute Gasteiger partial charge is 0.299 e. The van der Waals surface area contributed by atoms with E-state index in [1.807, 2.05) is 18.2 Å². The summed E-state index contributed by atoms with van der Waals surface area (Å²) in [7, 11) is -3.40. The van der Waals surface area contributed by atoms with Crippen LogP contribution in [0.5, 0.6) is 0 Å². The van der Waals surface area contributed by atoms with Crippen LogP contribution in [-0.4, -0.2) is 26.4 Å². The molecule has 1 fully saturated rings. The van der Waals surface area contributed by atoms with E-state index in [2.05, 4.69) is 15.7 Å². The molecule has 2 aromatic rings. The van der Waals surface area contributed by atoms with Crippen LogP contribution in [0.15, 0.2) is 46.0 Å². The van der Waals surface area contributed by atoms with Crippen molar-refractivity contribution in [2.75, 3.05) is 13.1 Å². The van der Waals surface area contributed by atoms with Crippen molar-refractivity contribution in [2.45, 2.75) is 30.1 Å². The molecule has 22 heavy (non-hydrogen) atoms. The third-order valence-electron chi connectivity index (χ3n) is 3.92. The summed E-state index contributed by atoms with van der Waals surface area (Å²) in [4.78, 5) is 2.42. The quantitative estimate of drug-likeness (QED) is 0.882. The lowest BCUT2D eigenvalue weighted by Crippen LogP contribution is -2.24. The van der Waals surface area contributed by atoms with Gasteiger partial charge in [0.2, 0.25) is 10.0 Å². The molecule has 0 amide bonds. The van der Waals surface area contributed by atoms with Crippen molar-refractivity contribution in [2.24, 2.45) is 0 Å². The van der Waals surface area contributed by atoms with Crippen LogP contribution in [0.2, 0.25) is 0 Å². The normalized spacial score (nSPS) is 16.2. The summed E-state index contributed by atoms with van der Waals surface area (Å²) in [6.07, 6.45) is 2.51. The summed E-state index contributed by atoms with van der Waals surface area (Å²) in [5.41, 5.74) is 2.26. The molecule has 1 aromatic carbocycles. The molecule has 118 valence electrons. The maximum Gasteiger partial charge on any atom is 0.250 e. The van der Waals surface area contributed by atoms with Crippen LogP contribution in [0.4, 0.5) is 0 Å². The fourth-order valence-electron chi connectivity index (χ4n) is 2.73. The second-order valence-electron chi connectivity index (χ2n) is 5.51. The Balaban J connectivity index is 1.70. The number of nitrogens with one attached hydrogen (secondary N) is 1. The summed E-state index contributed by atoms with van der Waals surface area (Å²) in [6, 6.07) is 11.4. The van der Waals surface area contributed by atoms with Crippen LogP contribution in [-0.2, 0) is 23.1 Å². The monoisotopic (exact) mass is 336 g/mol. The summed E-state index contributed by atoms with van der Waals surface area (Å²) >= 11 is 1.24. The molecule has 0 spiro atoms. The third-order valence-corrected chi connectivity index (χ3v) is 6.72. The molecular weight excluding hydrogens is 316 g/mol. The predicted molar refractivity (Wildman–Crippen MR) is 89.3 cm³/mol. The van der Waals surface area contributed by atoms with E-state index < -0.39 is 10.0 Å². The molecule has 3 rings (SSSR count). The summed E-state index contributed by atoms with van der Waals surface area (Å²) in [5, 5.41) is 1.77. The Bertz CT molecular complexity index is 706. The molecule has 0 aliphatic carbocycles. The molecule has 2 heterocycles. The smallest absolute Gasteiger partial charge is 0.250 e. The zero-order chi connectivity index (χ0) is 15.4. The van der Waals surface area contributed by atoms with Gasteiger partial charge >= 0.3 is 0 Å². The van der Waals surface area contributed by atoms with E-state index in [0.29, 0.717) is 10.8 Å². The summed E-state index contributed by atoms with van der Waals surface area (Å²) in [5.74, 6) is 0. The highest BCUT2D eigenvalue weighted by molar-refractivity contribution is 7.91. The third kappa shape index (κ3) is 3.76. The second kappa shape index (κ2) is 6.91. The van der Waals surface area contributed by atoms with E-state index in [1.165, 1.54) is 29.7 Å². The Morgan fingerprint density at radius 3 is 2.45 bits per heavy atom. The first-order valence-electron chi connectivity index (χ1n) is 7.47. The topological polar surface area (TPSA) is 49.4 Å². The fourth-order valence-corrected chi connectivity index (χ4v) is 4.77. The van der Waals surface area contributed by atoms with Crippen molar-refractivity contribution < 1.29 is 8.42 Å². The molecule has 0 radical (unpaired) electrons. The molecule has 0 atom stereocenters. The molecule has 0 saturated carbocycles. The first-order chi connectivity index (χ1) is 10.6. The zero-order valence-corrected chi connectivity index (χ0v) is 14.0. The van der Waals surface area contributed by atoms with Crippen LogP contribution in [0.1, 0.15) is 24.0 Å². The van der Waals surface area contributed by atoms with E-state index in [-0.39, 0.29) is 0 Å². The van der Waals surface area contributed by atoms with E-state index in [1.54, 1.807) is 17.5 Å². The van der Waals surface area contributed by atoms with E-state index in [9.17, 15) is 8.42 Å². The Morgan fingerprint density at radius 2 is 1.77 bits per heavy atom. The van der Waals surface area contributed by atoms with Gasteiger partial charge in [0.25, 0.3) is 0 Å². The molecule has 1 aliphatic heterocycles. The minimum absolute atomic E-state index is 0.338. The van der Waals surface area contributed by atoms with Crippen molar-refractivity contribution in [3.05, 3.63) is 52.9 Å². The molecule has 0 unspecified atom stereocenters. The van der Waals surface area contributed by atoms with Crippen molar-refractivity contribution in [3.8, 4) is 0 Å². The first kappa shape index (κ1) is 15.7. The highest BCUT2D eigenvalue weighted by Crippen LogP contribution is 2.18. The van der Waals surface area contributed by atoms with Gasteiger partial charge in [-0.05, 0) is 48.5 Å². The van der Waals surface area contributed by atoms with E-state index >= 15 is 0 Å². The van der Waals surface area contributed by atoms with Crippen LogP contribution >= 0.6 is 11.3 Å². The molecular formula is C16H20N2O2S2. The van der Waals surface area contributed by atoms with Crippen LogP contribution < -0.4 is 4.72 Å². The molecule has 4 nitrogen and oxygen atoms in total. The summed E-state index contributed by atoms with van der Waals surface area (Å²) in [6.45, 7) is 3.51. The van der Waals surface area contributed by atoms with Crippen molar-refractivity contribution in [1.82, 2.24) is 9.62 Å². The van der Waals surface area contributed by atoms with Crippen molar-refractivity contribution in [1.29, 1.82) is 0 Å². The van der Waals surface area contributed by atoms with Gasteiger partial charge in [-0.15, -0.1) is 11.3 Å². The van der Waals surface area contributed by atoms with E-state index in [0.717, 1.165) is 25.2 Å². The molecule has 6 heteroatoms. The van der Waals surface area contributed by atoms with Gasteiger partial charge < -0.3 is 0 Å². The lowest BCUT2D eigenvalue weighted by Gasteiger charge is -2.17. The Kier molecular flexibility index (Phi) is 4.93. The summed E-state index contributed by atoms with van der Waals surface area (Å²) < 4.78 is 27.5. The van der Waals surface area contributed by atoms with Gasteiger partial charge in [-0.3, -0.25) is 4.90 Å². The predicted octanol–water partition coefficient (Wildman–Crippen LogP) is 2.82. The Morgan fingerprint density at radius 1 is 1.05 bits per heavy atom. The molecule has 1 aliphatic rings. The van der Waals surface area contributed by atoms with E-state index in [4.69, 9.17) is 0 Å². The van der Waals surface area contributed by atoms with Gasteiger partial charge in [0.05, 0.1) is 0 Å². The first-order valence-corrected chi connectivity index (χ1v) is 9.84. The molecule has 0 bridgehead atoms. The Hall–Kier alpha value is -1.21. The zero-order valence-electron chi connectivity index (χ0n) is 12.4. The second-order valence-corrected chi connectivity index (χ2v) is 8.45. The number of likely N-dealkylation sites (tertiary alicyclic amines) is 1. The SMILES string of the molecule is O=S(=O)(NCc1ccccc1CN1CCCC1)c1cccs1. The molecule has 1 aromatic heterocycles. The van der Waals surface area contributed by atoms with Crippen LogP contribution in [0, 0.1) is 0 Å². The van der Waals surface area contributed by atoms with Crippen LogP contribution in [0.25, 0.3) is 0 Å². The number of sulfonamides is 1. The lowest BCUT2D eigenvalue weighted by molar-refractivity contribution is 0.330. The number of hydrogen-bond acceptors (Lipinski definition) is 4. The van der Waals surface area contributed by atoms with Gasteiger partial charge in [0.1, 0.15) is 4.21 Å². The van der Waals surface area contributed by atoms with Crippen molar-refractivity contribution >= 4 is 21.4 Å². The minimum atomic E-state index is -3.40. The van der Waals surface area contributed by atoms with Gasteiger partial charge in [-0.25, -0.2) is 13.1 Å². The highest BCUT2D eigenvalue weighted by atomic mass is 32.2. The lowest BCUT2D eigenvalue weighted by atomic mass is 10.1. The van der Waals surface area contributed by atoms with Gasteiger partial charge in [-0.2, -0.15) is 0 Å². The number of hydrogen-bond donors (Lipinski definition) is 1. The minimum Gasteiger partial charge on any atom is -0.299 e. The number of nitrogens with zero attached hydrogens (tertiary/aromatic N) is 1. The van der Waals surface area contributed by atoms with Gasteiger partial charge in [0, 0.05) is 13.1 Å². The fraction of sp³-hybridized carbons (Fsp3) is 0.375. The Labute approximate surface area is 135 Å². The number of benzene rings is 1. The number of rotatable bonds is 6. The van der Waals surface area contributed by atoms with Crippen molar-refractivity contribution in [3.63, 3.8) is 0 Å². The average molecular weight is 336 g/mol. The van der Waals surface area contributed by atoms with Gasteiger partial charge in [-0.1, -0.05) is 30.3 Å². The van der Waals surface area contributed by atoms with Gasteiger partial charge in [0.15, 0.2) is 0 Å². The number of thiophene rings is 1. The van der Waals surface area contributed by atoms with Crippen LogP contribution in [0.3, 0.4) is 0 Å². The maximum absolute atomic E-state index is 12.2. The molecule has 1 saturated heterocycles. The average Bonchev–Trinajstić information content (AvgIpc) is 3.20. The highest BCUT2D eigenvalue weighted by Gasteiger charge is 2.17. The maximum atomic E-state index is 12.2. The molecule has 1 N–H and O–H groups in total. The standard InChI is InChI=1S/C16H20N2O2S2/c19-22(20,16-8-5-11-21-16)17-12-14-6-1-2-7-15(14)13-18-9-3-4-10-18/h1-2,5-8,11,17H,3-4,9-10,12-13H2.